The summed E-state index contributed by atoms with van der Waals surface area (Å²) in [5, 5.41) is 8.29. The Morgan fingerprint density at radius 2 is 2.06 bits per heavy atom. The lowest BCUT2D eigenvalue weighted by molar-refractivity contribution is -0.134. The van der Waals surface area contributed by atoms with Crippen molar-refractivity contribution in [2.24, 2.45) is 0 Å². The van der Waals surface area contributed by atoms with Crippen molar-refractivity contribution in [2.45, 2.75) is 44.6 Å². The Labute approximate surface area is 180 Å². The highest BCUT2D eigenvalue weighted by Gasteiger charge is 2.33. The minimum atomic E-state index is -0.250. The van der Waals surface area contributed by atoms with Crippen molar-refractivity contribution in [1.29, 1.82) is 0 Å². The predicted octanol–water partition coefficient (Wildman–Crippen LogP) is 3.83. The molecule has 1 saturated heterocycles. The van der Waals surface area contributed by atoms with Crippen molar-refractivity contribution < 1.29 is 23.1 Å². The molecule has 2 aliphatic rings. The number of fused-ring (bicyclic) bond motifs is 1. The highest BCUT2D eigenvalue weighted by molar-refractivity contribution is 5.78. The van der Waals surface area contributed by atoms with Crippen LogP contribution in [0.4, 0.5) is 0 Å². The predicted molar refractivity (Wildman–Crippen MR) is 111 cm³/mol. The molecule has 2 aromatic heterocycles. The lowest BCUT2D eigenvalue weighted by Crippen LogP contribution is -2.40. The van der Waals surface area contributed by atoms with Crippen molar-refractivity contribution in [1.82, 2.24) is 15.1 Å². The number of piperidine rings is 1. The molecule has 0 unspecified atom stereocenters. The second kappa shape index (κ2) is 7.76. The molecule has 1 amide bonds. The third-order valence-electron chi connectivity index (χ3n) is 5.81. The smallest absolute Gasteiger partial charge is 0.260 e. The van der Waals surface area contributed by atoms with Crippen molar-refractivity contribution in [3.05, 3.63) is 48.2 Å². The summed E-state index contributed by atoms with van der Waals surface area (Å²) < 4.78 is 22.7. The molecule has 0 bridgehead atoms. The van der Waals surface area contributed by atoms with Crippen LogP contribution in [0, 0.1) is 0 Å². The van der Waals surface area contributed by atoms with Gasteiger partial charge in [-0.1, -0.05) is 12.1 Å². The van der Waals surface area contributed by atoms with Gasteiger partial charge in [0.2, 0.25) is 5.89 Å². The molecular weight excluding hydrogens is 398 g/mol. The van der Waals surface area contributed by atoms with Gasteiger partial charge in [-0.25, -0.2) is 0 Å². The second-order valence-corrected chi connectivity index (χ2v) is 8.68. The molecule has 0 spiro atoms. The largest absolute Gasteiger partial charge is 0.483 e. The first-order valence-corrected chi connectivity index (χ1v) is 10.6. The van der Waals surface area contributed by atoms with Gasteiger partial charge in [-0.2, -0.15) is 0 Å². The summed E-state index contributed by atoms with van der Waals surface area (Å²) in [5.41, 5.74) is 1.63. The second-order valence-electron chi connectivity index (χ2n) is 8.68. The monoisotopic (exact) mass is 423 g/mol. The molecule has 8 heteroatoms. The van der Waals surface area contributed by atoms with Crippen LogP contribution in [0.15, 0.2) is 45.6 Å². The number of ether oxygens (including phenoxy) is 2. The van der Waals surface area contributed by atoms with Gasteiger partial charge >= 0.3 is 0 Å². The van der Waals surface area contributed by atoms with E-state index in [2.05, 4.69) is 10.2 Å². The summed E-state index contributed by atoms with van der Waals surface area (Å²) in [6.45, 7) is 5.36. The van der Waals surface area contributed by atoms with Crippen LogP contribution in [0.3, 0.4) is 0 Å². The zero-order valence-corrected chi connectivity index (χ0v) is 17.7. The standard InChI is InChI=1S/C23H25N3O5/c1-23(2)12-16-4-3-5-18(20(16)31-23)29-14-19(27)26-9-6-15(7-10-26)21-24-25-22(30-21)17-8-11-28-13-17/h3-5,8,11,13,15H,6-7,9-10,12,14H2,1-2H3. The zero-order valence-electron chi connectivity index (χ0n) is 17.7. The van der Waals surface area contributed by atoms with Gasteiger partial charge in [0, 0.05) is 31.0 Å². The molecular formula is C23H25N3O5. The fourth-order valence-electron chi connectivity index (χ4n) is 4.21. The third-order valence-corrected chi connectivity index (χ3v) is 5.81. The molecule has 3 aromatic rings. The maximum atomic E-state index is 12.7. The van der Waals surface area contributed by atoms with Crippen molar-refractivity contribution >= 4 is 5.91 Å². The summed E-state index contributed by atoms with van der Waals surface area (Å²) in [6.07, 6.45) is 5.53. The summed E-state index contributed by atoms with van der Waals surface area (Å²) in [7, 11) is 0. The summed E-state index contributed by atoms with van der Waals surface area (Å²) in [5.74, 6) is 2.56. The molecule has 5 rings (SSSR count). The van der Waals surface area contributed by atoms with E-state index in [0.29, 0.717) is 30.6 Å². The number of carbonyl (C=O) groups excluding carboxylic acids is 1. The van der Waals surface area contributed by atoms with Gasteiger partial charge in [0.1, 0.15) is 11.9 Å². The topological polar surface area (TPSA) is 90.8 Å². The quantitative estimate of drug-likeness (QED) is 0.616. The van der Waals surface area contributed by atoms with E-state index in [1.165, 1.54) is 0 Å². The Balaban J connectivity index is 1.15. The number of nitrogens with zero attached hydrogens (tertiary/aromatic N) is 3. The van der Waals surface area contributed by atoms with Gasteiger partial charge in [0.25, 0.3) is 11.8 Å². The minimum absolute atomic E-state index is 0.00387. The minimum Gasteiger partial charge on any atom is -0.483 e. The average Bonchev–Trinajstić information content (AvgIpc) is 3.50. The fourth-order valence-corrected chi connectivity index (χ4v) is 4.21. The number of likely N-dealkylation sites (tertiary alicyclic amines) is 1. The Bertz CT molecular complexity index is 1060. The van der Waals surface area contributed by atoms with Crippen LogP contribution >= 0.6 is 0 Å². The zero-order chi connectivity index (χ0) is 21.4. The summed E-state index contributed by atoms with van der Waals surface area (Å²) in [4.78, 5) is 14.5. The van der Waals surface area contributed by atoms with Crippen LogP contribution in [0.2, 0.25) is 0 Å². The number of hydrogen-bond donors (Lipinski definition) is 0. The average molecular weight is 423 g/mol. The first-order chi connectivity index (χ1) is 15.0. The maximum Gasteiger partial charge on any atom is 0.260 e. The lowest BCUT2D eigenvalue weighted by atomic mass is 9.97. The fraction of sp³-hybridized carbons (Fsp3) is 0.435. The third kappa shape index (κ3) is 4.02. The van der Waals surface area contributed by atoms with Gasteiger partial charge in [0.05, 0.1) is 11.8 Å². The number of furan rings is 1. The number of benzene rings is 1. The van der Waals surface area contributed by atoms with E-state index in [0.717, 1.165) is 36.1 Å². The number of para-hydroxylation sites is 1. The van der Waals surface area contributed by atoms with Crippen LogP contribution in [0.1, 0.15) is 44.1 Å². The van der Waals surface area contributed by atoms with E-state index in [1.807, 2.05) is 36.9 Å². The highest BCUT2D eigenvalue weighted by atomic mass is 16.5. The SMILES string of the molecule is CC1(C)Cc2cccc(OCC(=O)N3CCC(c4nnc(-c5ccoc5)o4)CC3)c2O1. The first kappa shape index (κ1) is 19.7. The van der Waals surface area contributed by atoms with Crippen LogP contribution in [0.5, 0.6) is 11.5 Å². The lowest BCUT2D eigenvalue weighted by Gasteiger charge is -2.30. The van der Waals surface area contributed by atoms with Crippen molar-refractivity contribution in [2.75, 3.05) is 19.7 Å². The Kier molecular flexibility index (Phi) is 4.92. The molecule has 4 heterocycles. The summed E-state index contributed by atoms with van der Waals surface area (Å²) in [6, 6.07) is 7.62. The van der Waals surface area contributed by atoms with E-state index >= 15 is 0 Å². The van der Waals surface area contributed by atoms with E-state index < -0.39 is 0 Å². The van der Waals surface area contributed by atoms with Crippen LogP contribution in [-0.4, -0.2) is 46.3 Å². The number of aromatic nitrogens is 2. The van der Waals surface area contributed by atoms with Crippen LogP contribution in [0.25, 0.3) is 11.5 Å². The van der Waals surface area contributed by atoms with Crippen molar-refractivity contribution in [3.8, 4) is 23.0 Å². The normalized spacial score (nSPS) is 17.9. The van der Waals surface area contributed by atoms with Gasteiger partial charge in [0.15, 0.2) is 18.1 Å². The van der Waals surface area contributed by atoms with Crippen molar-refractivity contribution in [3.63, 3.8) is 0 Å². The van der Waals surface area contributed by atoms with Gasteiger partial charge in [-0.3, -0.25) is 4.79 Å². The van der Waals surface area contributed by atoms with Crippen LogP contribution in [-0.2, 0) is 11.2 Å². The molecule has 1 aromatic carbocycles. The molecule has 8 nitrogen and oxygen atoms in total. The Hall–Kier alpha value is -3.29. The number of carbonyl (C=O) groups is 1. The van der Waals surface area contributed by atoms with Gasteiger partial charge < -0.3 is 23.2 Å². The Morgan fingerprint density at radius 1 is 1.23 bits per heavy atom. The molecule has 0 aliphatic carbocycles. The number of amides is 1. The van der Waals surface area contributed by atoms with E-state index in [-0.39, 0.29) is 24.0 Å². The highest BCUT2D eigenvalue weighted by Crippen LogP contribution is 2.41. The molecule has 0 radical (unpaired) electrons. The molecule has 1 fully saturated rings. The van der Waals surface area contributed by atoms with Gasteiger partial charge in [-0.05, 0) is 38.8 Å². The number of hydrogen-bond acceptors (Lipinski definition) is 7. The molecule has 2 aliphatic heterocycles. The van der Waals surface area contributed by atoms with E-state index in [9.17, 15) is 4.79 Å². The molecule has 0 atom stereocenters. The molecule has 0 saturated carbocycles. The van der Waals surface area contributed by atoms with E-state index in [4.69, 9.17) is 18.3 Å². The van der Waals surface area contributed by atoms with Crippen LogP contribution < -0.4 is 9.47 Å². The van der Waals surface area contributed by atoms with E-state index in [1.54, 1.807) is 18.6 Å². The maximum absolute atomic E-state index is 12.7. The van der Waals surface area contributed by atoms with Gasteiger partial charge in [-0.15, -0.1) is 10.2 Å². The Morgan fingerprint density at radius 3 is 2.84 bits per heavy atom. The first-order valence-electron chi connectivity index (χ1n) is 10.6. The summed E-state index contributed by atoms with van der Waals surface area (Å²) >= 11 is 0. The molecule has 162 valence electrons. The molecule has 0 N–H and O–H groups in total. The molecule has 31 heavy (non-hydrogen) atoms. The number of rotatable bonds is 5.